The molecule has 0 atom stereocenters. The lowest BCUT2D eigenvalue weighted by Gasteiger charge is -2.35. The summed E-state index contributed by atoms with van der Waals surface area (Å²) < 4.78 is 5.61. The molecule has 156 valence electrons. The molecule has 3 heterocycles. The summed E-state index contributed by atoms with van der Waals surface area (Å²) in [5.74, 6) is 0.348. The van der Waals surface area contributed by atoms with E-state index in [2.05, 4.69) is 37.3 Å². The van der Waals surface area contributed by atoms with Gasteiger partial charge >= 0.3 is 0 Å². The van der Waals surface area contributed by atoms with E-state index in [1.54, 1.807) is 24.5 Å². The van der Waals surface area contributed by atoms with Gasteiger partial charge in [0.05, 0.1) is 22.7 Å². The van der Waals surface area contributed by atoms with Crippen LogP contribution in [0.5, 0.6) is 0 Å². The maximum absolute atomic E-state index is 12.6. The van der Waals surface area contributed by atoms with Crippen LogP contribution in [0.3, 0.4) is 0 Å². The zero-order valence-electron chi connectivity index (χ0n) is 16.4. The summed E-state index contributed by atoms with van der Waals surface area (Å²) in [6, 6.07) is 9.21. The van der Waals surface area contributed by atoms with Gasteiger partial charge in [0.25, 0.3) is 5.22 Å². The van der Waals surface area contributed by atoms with E-state index in [-0.39, 0.29) is 11.7 Å². The van der Waals surface area contributed by atoms with Crippen LogP contribution in [0.1, 0.15) is 0 Å². The highest BCUT2D eigenvalue weighted by Crippen LogP contribution is 2.30. The van der Waals surface area contributed by atoms with Gasteiger partial charge in [0, 0.05) is 43.6 Å². The van der Waals surface area contributed by atoms with Gasteiger partial charge in [-0.3, -0.25) is 9.78 Å². The van der Waals surface area contributed by atoms with E-state index in [0.717, 1.165) is 37.4 Å². The number of nitrogens with one attached hydrogen (secondary N) is 1. The lowest BCUT2D eigenvalue weighted by Crippen LogP contribution is -2.44. The first-order chi connectivity index (χ1) is 14.6. The van der Waals surface area contributed by atoms with Gasteiger partial charge in [-0.05, 0) is 37.4 Å². The summed E-state index contributed by atoms with van der Waals surface area (Å²) in [7, 11) is 2.11. The third-order valence-corrected chi connectivity index (χ3v) is 5.77. The average molecular weight is 445 g/mol. The van der Waals surface area contributed by atoms with Crippen LogP contribution in [0, 0.1) is 0 Å². The number of hydrogen-bond donors (Lipinski definition) is 1. The number of carbonyl (C=O) groups excluding carboxylic acids is 1. The molecule has 8 nitrogen and oxygen atoms in total. The first kappa shape index (κ1) is 20.6. The number of pyridine rings is 1. The van der Waals surface area contributed by atoms with Crippen LogP contribution in [-0.4, -0.2) is 65.0 Å². The quantitative estimate of drug-likeness (QED) is 0.579. The van der Waals surface area contributed by atoms with E-state index in [9.17, 15) is 4.79 Å². The molecule has 0 aliphatic carbocycles. The van der Waals surface area contributed by atoms with Crippen molar-refractivity contribution in [1.82, 2.24) is 20.1 Å². The molecule has 0 unspecified atom stereocenters. The van der Waals surface area contributed by atoms with Crippen LogP contribution in [0.25, 0.3) is 11.5 Å². The van der Waals surface area contributed by atoms with Crippen molar-refractivity contribution in [3.05, 3.63) is 47.7 Å². The highest BCUT2D eigenvalue weighted by molar-refractivity contribution is 7.99. The molecule has 1 aromatic carbocycles. The lowest BCUT2D eigenvalue weighted by molar-refractivity contribution is -0.113. The SMILES string of the molecule is CN1CCN(c2ccc(Cl)cc2NC(=O)CSc2nnc(-c3cccnc3)o2)CC1. The smallest absolute Gasteiger partial charge is 0.277 e. The number of hydrogen-bond acceptors (Lipinski definition) is 8. The molecule has 1 fully saturated rings. The van der Waals surface area contributed by atoms with Crippen molar-refractivity contribution in [2.45, 2.75) is 5.22 Å². The summed E-state index contributed by atoms with van der Waals surface area (Å²) in [6.45, 7) is 3.74. The Balaban J connectivity index is 1.38. The molecule has 2 aromatic heterocycles. The Morgan fingerprint density at radius 2 is 2.07 bits per heavy atom. The van der Waals surface area contributed by atoms with Crippen LogP contribution in [0.15, 0.2) is 52.4 Å². The Hall–Kier alpha value is -2.62. The van der Waals surface area contributed by atoms with Gasteiger partial charge in [0.2, 0.25) is 11.8 Å². The van der Waals surface area contributed by atoms with Gasteiger partial charge in [-0.15, -0.1) is 10.2 Å². The number of thioether (sulfide) groups is 1. The van der Waals surface area contributed by atoms with E-state index in [0.29, 0.717) is 21.8 Å². The molecule has 1 aliphatic heterocycles. The van der Waals surface area contributed by atoms with Gasteiger partial charge in [-0.1, -0.05) is 23.4 Å². The van der Waals surface area contributed by atoms with Crippen molar-refractivity contribution < 1.29 is 9.21 Å². The molecule has 0 saturated carbocycles. The second-order valence-electron chi connectivity index (χ2n) is 6.90. The summed E-state index contributed by atoms with van der Waals surface area (Å²) in [4.78, 5) is 21.1. The van der Waals surface area contributed by atoms with Crippen LogP contribution in [-0.2, 0) is 4.79 Å². The molecule has 1 aliphatic rings. The minimum Gasteiger partial charge on any atom is -0.411 e. The Bertz CT molecular complexity index is 1010. The van der Waals surface area contributed by atoms with Gasteiger partial charge in [0.15, 0.2) is 0 Å². The van der Waals surface area contributed by atoms with E-state index in [4.69, 9.17) is 16.0 Å². The second kappa shape index (κ2) is 9.46. The third kappa shape index (κ3) is 5.10. The number of anilines is 2. The number of nitrogens with zero attached hydrogens (tertiary/aromatic N) is 5. The Morgan fingerprint density at radius 1 is 1.23 bits per heavy atom. The van der Waals surface area contributed by atoms with E-state index in [1.165, 1.54) is 11.8 Å². The highest BCUT2D eigenvalue weighted by Gasteiger charge is 2.19. The number of benzene rings is 1. The molecule has 1 amide bonds. The van der Waals surface area contributed by atoms with E-state index in [1.807, 2.05) is 18.2 Å². The summed E-state index contributed by atoms with van der Waals surface area (Å²) in [5.41, 5.74) is 2.42. The Labute approximate surface area is 183 Å². The fraction of sp³-hybridized carbons (Fsp3) is 0.300. The summed E-state index contributed by atoms with van der Waals surface area (Å²) in [6.07, 6.45) is 3.32. The molecule has 0 radical (unpaired) electrons. The number of aromatic nitrogens is 3. The Morgan fingerprint density at radius 3 is 2.83 bits per heavy atom. The molecule has 0 spiro atoms. The van der Waals surface area contributed by atoms with Gasteiger partial charge in [0.1, 0.15) is 0 Å². The van der Waals surface area contributed by atoms with E-state index >= 15 is 0 Å². The first-order valence-electron chi connectivity index (χ1n) is 9.48. The van der Waals surface area contributed by atoms with Crippen molar-refractivity contribution in [3.8, 4) is 11.5 Å². The van der Waals surface area contributed by atoms with Gasteiger partial charge in [-0.25, -0.2) is 0 Å². The van der Waals surface area contributed by atoms with Gasteiger partial charge in [-0.2, -0.15) is 0 Å². The number of amides is 1. The molecule has 1 saturated heterocycles. The molecular weight excluding hydrogens is 424 g/mol. The van der Waals surface area contributed by atoms with Crippen LogP contribution in [0.4, 0.5) is 11.4 Å². The van der Waals surface area contributed by atoms with Crippen molar-refractivity contribution in [2.75, 3.05) is 49.2 Å². The zero-order chi connectivity index (χ0) is 20.9. The number of carbonyl (C=O) groups is 1. The van der Waals surface area contributed by atoms with Crippen LogP contribution < -0.4 is 10.2 Å². The van der Waals surface area contributed by atoms with Crippen LogP contribution >= 0.6 is 23.4 Å². The molecule has 30 heavy (non-hydrogen) atoms. The lowest BCUT2D eigenvalue weighted by atomic mass is 10.2. The van der Waals surface area contributed by atoms with Crippen molar-refractivity contribution in [2.24, 2.45) is 0 Å². The highest BCUT2D eigenvalue weighted by atomic mass is 35.5. The predicted molar refractivity (Wildman–Crippen MR) is 118 cm³/mol. The maximum atomic E-state index is 12.6. The number of halogens is 1. The van der Waals surface area contributed by atoms with Crippen molar-refractivity contribution in [3.63, 3.8) is 0 Å². The normalized spacial score (nSPS) is 14.7. The zero-order valence-corrected chi connectivity index (χ0v) is 18.0. The Kier molecular flexibility index (Phi) is 6.51. The second-order valence-corrected chi connectivity index (χ2v) is 8.27. The topological polar surface area (TPSA) is 87.4 Å². The molecule has 3 aromatic rings. The number of rotatable bonds is 6. The van der Waals surface area contributed by atoms with Crippen molar-refractivity contribution >= 4 is 40.6 Å². The third-order valence-electron chi connectivity index (χ3n) is 4.72. The van der Waals surface area contributed by atoms with Crippen molar-refractivity contribution in [1.29, 1.82) is 0 Å². The minimum absolute atomic E-state index is 0.142. The molecule has 0 bridgehead atoms. The fourth-order valence-corrected chi connectivity index (χ4v) is 3.85. The minimum atomic E-state index is -0.168. The molecule has 10 heteroatoms. The fourth-order valence-electron chi connectivity index (χ4n) is 3.12. The monoisotopic (exact) mass is 444 g/mol. The van der Waals surface area contributed by atoms with E-state index < -0.39 is 0 Å². The molecule has 4 rings (SSSR count). The largest absolute Gasteiger partial charge is 0.411 e. The number of piperazine rings is 1. The molecular formula is C20H21ClN6O2S. The molecule has 1 N–H and O–H groups in total. The average Bonchev–Trinajstić information content (AvgIpc) is 3.23. The summed E-state index contributed by atoms with van der Waals surface area (Å²) in [5, 5.41) is 11.9. The standard InChI is InChI=1S/C20H21ClN6O2S/c1-26-7-9-27(10-8-26)17-5-4-15(21)11-16(17)23-18(28)13-30-20-25-24-19(29-20)14-3-2-6-22-12-14/h2-6,11-12H,7-10,13H2,1H3,(H,23,28). The van der Waals surface area contributed by atoms with Crippen LogP contribution in [0.2, 0.25) is 5.02 Å². The first-order valence-corrected chi connectivity index (χ1v) is 10.8. The predicted octanol–water partition coefficient (Wildman–Crippen LogP) is 3.27. The number of likely N-dealkylation sites (N-methyl/N-ethyl adjacent to an activating group) is 1. The summed E-state index contributed by atoms with van der Waals surface area (Å²) >= 11 is 7.36. The maximum Gasteiger partial charge on any atom is 0.277 e. The van der Waals surface area contributed by atoms with Gasteiger partial charge < -0.3 is 19.5 Å².